The van der Waals surface area contributed by atoms with E-state index in [1.165, 1.54) is 44.9 Å². The molecule has 94 valence electrons. The first-order chi connectivity index (χ1) is 7.74. The molecule has 2 fully saturated rings. The van der Waals surface area contributed by atoms with Crippen LogP contribution in [0.1, 0.15) is 51.9 Å². The van der Waals surface area contributed by atoms with E-state index in [-0.39, 0.29) is 5.60 Å². The molecule has 2 heteroatoms. The van der Waals surface area contributed by atoms with Crippen LogP contribution in [0.25, 0.3) is 0 Å². The second-order valence-corrected chi connectivity index (χ2v) is 5.97. The summed E-state index contributed by atoms with van der Waals surface area (Å²) in [5, 5.41) is 3.44. The summed E-state index contributed by atoms with van der Waals surface area (Å²) in [6, 6.07) is 0. The average Bonchev–Trinajstić information content (AvgIpc) is 2.33. The number of hydrogen-bond donors (Lipinski definition) is 1. The van der Waals surface area contributed by atoms with E-state index in [2.05, 4.69) is 12.2 Å². The Kier molecular flexibility index (Phi) is 4.26. The van der Waals surface area contributed by atoms with Gasteiger partial charge in [0.25, 0.3) is 0 Å². The summed E-state index contributed by atoms with van der Waals surface area (Å²) in [6.45, 7) is 4.67. The molecule has 0 aromatic carbocycles. The fraction of sp³-hybridized carbons (Fsp3) is 1.00. The molecule has 1 saturated heterocycles. The van der Waals surface area contributed by atoms with Crippen molar-refractivity contribution in [2.75, 3.05) is 20.2 Å². The first-order valence-electron chi connectivity index (χ1n) is 7.00. The van der Waals surface area contributed by atoms with Crippen LogP contribution in [0.2, 0.25) is 0 Å². The Morgan fingerprint density at radius 2 is 1.75 bits per heavy atom. The topological polar surface area (TPSA) is 21.3 Å². The Hall–Kier alpha value is -0.0800. The van der Waals surface area contributed by atoms with Gasteiger partial charge in [-0.15, -0.1) is 0 Å². The molecular formula is C14H27NO. The largest absolute Gasteiger partial charge is 0.378 e. The maximum Gasteiger partial charge on any atom is 0.0705 e. The number of ether oxygens (including phenoxy) is 1. The van der Waals surface area contributed by atoms with Gasteiger partial charge in [0.2, 0.25) is 0 Å². The van der Waals surface area contributed by atoms with Crippen LogP contribution in [0, 0.1) is 11.8 Å². The Labute approximate surface area is 100 Å². The van der Waals surface area contributed by atoms with Crippen LogP contribution in [0.4, 0.5) is 0 Å². The molecule has 2 nitrogen and oxygen atoms in total. The van der Waals surface area contributed by atoms with Crippen LogP contribution in [0.15, 0.2) is 0 Å². The number of rotatable bonds is 3. The van der Waals surface area contributed by atoms with Gasteiger partial charge in [0.1, 0.15) is 0 Å². The summed E-state index contributed by atoms with van der Waals surface area (Å²) < 4.78 is 5.87. The van der Waals surface area contributed by atoms with Crippen LogP contribution in [-0.4, -0.2) is 25.8 Å². The summed E-state index contributed by atoms with van der Waals surface area (Å²) in [4.78, 5) is 0. The zero-order chi connectivity index (χ0) is 11.4. The minimum absolute atomic E-state index is 0.205. The van der Waals surface area contributed by atoms with E-state index in [0.29, 0.717) is 0 Å². The van der Waals surface area contributed by atoms with Gasteiger partial charge >= 0.3 is 0 Å². The minimum atomic E-state index is 0.205. The molecule has 0 radical (unpaired) electrons. The Morgan fingerprint density at radius 1 is 1.12 bits per heavy atom. The van der Waals surface area contributed by atoms with Crippen LogP contribution in [-0.2, 0) is 4.74 Å². The van der Waals surface area contributed by atoms with Gasteiger partial charge in [-0.1, -0.05) is 32.6 Å². The highest BCUT2D eigenvalue weighted by molar-refractivity contribution is 4.89. The van der Waals surface area contributed by atoms with E-state index in [0.717, 1.165) is 24.9 Å². The van der Waals surface area contributed by atoms with E-state index in [1.807, 2.05) is 7.11 Å². The third kappa shape index (κ3) is 2.98. The van der Waals surface area contributed by atoms with Crippen molar-refractivity contribution in [1.29, 1.82) is 0 Å². The zero-order valence-corrected chi connectivity index (χ0v) is 10.9. The minimum Gasteiger partial charge on any atom is -0.378 e. The molecule has 16 heavy (non-hydrogen) atoms. The van der Waals surface area contributed by atoms with Gasteiger partial charge in [-0.05, 0) is 44.2 Å². The molecule has 0 aromatic rings. The maximum atomic E-state index is 5.87. The van der Waals surface area contributed by atoms with Crippen molar-refractivity contribution in [2.45, 2.75) is 57.5 Å². The lowest BCUT2D eigenvalue weighted by molar-refractivity contribution is -0.0556. The lowest BCUT2D eigenvalue weighted by Gasteiger charge is -2.40. The van der Waals surface area contributed by atoms with Gasteiger partial charge in [0, 0.05) is 7.11 Å². The van der Waals surface area contributed by atoms with Gasteiger partial charge in [-0.2, -0.15) is 0 Å². The third-order valence-corrected chi connectivity index (χ3v) is 4.74. The van der Waals surface area contributed by atoms with Crippen molar-refractivity contribution in [3.8, 4) is 0 Å². The SMILES string of the molecule is COC1(CC2CCC(C)CC2)CCNCC1. The van der Waals surface area contributed by atoms with E-state index in [1.54, 1.807) is 0 Å². The zero-order valence-electron chi connectivity index (χ0n) is 10.9. The lowest BCUT2D eigenvalue weighted by Crippen LogP contribution is -2.44. The van der Waals surface area contributed by atoms with E-state index < -0.39 is 0 Å². The summed E-state index contributed by atoms with van der Waals surface area (Å²) in [5.41, 5.74) is 0.205. The normalized spacial score (nSPS) is 34.9. The molecule has 1 saturated carbocycles. The molecule has 1 heterocycles. The molecule has 0 atom stereocenters. The fourth-order valence-corrected chi connectivity index (χ4v) is 3.43. The molecular weight excluding hydrogens is 198 g/mol. The summed E-state index contributed by atoms with van der Waals surface area (Å²) in [5.74, 6) is 1.89. The van der Waals surface area contributed by atoms with Gasteiger partial charge in [-0.25, -0.2) is 0 Å². The quantitative estimate of drug-likeness (QED) is 0.797. The Bertz CT molecular complexity index is 203. The van der Waals surface area contributed by atoms with E-state index in [4.69, 9.17) is 4.74 Å². The molecule has 1 aliphatic carbocycles. The first kappa shape index (κ1) is 12.4. The van der Waals surface area contributed by atoms with Crippen LogP contribution < -0.4 is 5.32 Å². The highest BCUT2D eigenvalue weighted by atomic mass is 16.5. The molecule has 1 N–H and O–H groups in total. The second kappa shape index (κ2) is 5.50. The van der Waals surface area contributed by atoms with Crippen LogP contribution in [0.5, 0.6) is 0 Å². The smallest absolute Gasteiger partial charge is 0.0705 e. The van der Waals surface area contributed by atoms with Crippen molar-refractivity contribution in [2.24, 2.45) is 11.8 Å². The van der Waals surface area contributed by atoms with Gasteiger partial charge in [0.05, 0.1) is 5.60 Å². The molecule has 0 unspecified atom stereocenters. The molecule has 0 amide bonds. The lowest BCUT2D eigenvalue weighted by atomic mass is 9.75. The summed E-state index contributed by atoms with van der Waals surface area (Å²) >= 11 is 0. The Morgan fingerprint density at radius 3 is 2.31 bits per heavy atom. The monoisotopic (exact) mass is 225 g/mol. The average molecular weight is 225 g/mol. The maximum absolute atomic E-state index is 5.87. The number of nitrogens with one attached hydrogen (secondary N) is 1. The van der Waals surface area contributed by atoms with Crippen LogP contribution in [0.3, 0.4) is 0 Å². The molecule has 2 rings (SSSR count). The molecule has 0 bridgehead atoms. The highest BCUT2D eigenvalue weighted by Crippen LogP contribution is 2.37. The number of methoxy groups -OCH3 is 1. The molecule has 2 aliphatic rings. The number of hydrogen-bond acceptors (Lipinski definition) is 2. The van der Waals surface area contributed by atoms with Crippen molar-refractivity contribution in [1.82, 2.24) is 5.32 Å². The molecule has 1 aliphatic heterocycles. The van der Waals surface area contributed by atoms with E-state index >= 15 is 0 Å². The standard InChI is InChI=1S/C14H27NO/c1-12-3-5-13(6-4-12)11-14(16-2)7-9-15-10-8-14/h12-13,15H,3-11H2,1-2H3. The highest BCUT2D eigenvalue weighted by Gasteiger charge is 2.35. The van der Waals surface area contributed by atoms with Crippen LogP contribution >= 0.6 is 0 Å². The van der Waals surface area contributed by atoms with Gasteiger partial charge in [0.15, 0.2) is 0 Å². The second-order valence-electron chi connectivity index (χ2n) is 5.97. The van der Waals surface area contributed by atoms with E-state index in [9.17, 15) is 0 Å². The third-order valence-electron chi connectivity index (χ3n) is 4.74. The van der Waals surface area contributed by atoms with Gasteiger partial charge < -0.3 is 10.1 Å². The molecule has 0 aromatic heterocycles. The molecule has 0 spiro atoms. The Balaban J connectivity index is 1.86. The summed E-state index contributed by atoms with van der Waals surface area (Å²) in [7, 11) is 1.91. The first-order valence-corrected chi connectivity index (χ1v) is 7.00. The fourth-order valence-electron chi connectivity index (χ4n) is 3.43. The van der Waals surface area contributed by atoms with Crippen molar-refractivity contribution in [3.05, 3.63) is 0 Å². The number of piperidine rings is 1. The van der Waals surface area contributed by atoms with Crippen molar-refractivity contribution in [3.63, 3.8) is 0 Å². The predicted octanol–water partition coefficient (Wildman–Crippen LogP) is 2.97. The van der Waals surface area contributed by atoms with Crippen molar-refractivity contribution >= 4 is 0 Å². The van der Waals surface area contributed by atoms with Crippen molar-refractivity contribution < 1.29 is 4.74 Å². The summed E-state index contributed by atoms with van der Waals surface area (Å²) in [6.07, 6.45) is 9.44. The predicted molar refractivity (Wildman–Crippen MR) is 67.6 cm³/mol. The van der Waals surface area contributed by atoms with Gasteiger partial charge in [-0.3, -0.25) is 0 Å².